The van der Waals surface area contributed by atoms with Crippen molar-refractivity contribution in [2.45, 2.75) is 52.1 Å². The predicted octanol–water partition coefficient (Wildman–Crippen LogP) is 6.94. The van der Waals surface area contributed by atoms with Gasteiger partial charge in [-0.3, -0.25) is 0 Å². The van der Waals surface area contributed by atoms with Gasteiger partial charge in [0.15, 0.2) is 0 Å². The summed E-state index contributed by atoms with van der Waals surface area (Å²) in [7, 11) is 0. The molecule has 0 saturated carbocycles. The van der Waals surface area contributed by atoms with Gasteiger partial charge in [-0.05, 0) is 65.5 Å². The molecular formula is C27H33N. The first-order valence-corrected chi connectivity index (χ1v) is 10.6. The molecule has 1 unspecified atom stereocenters. The van der Waals surface area contributed by atoms with Crippen LogP contribution in [0.15, 0.2) is 90.0 Å². The molecule has 28 heavy (non-hydrogen) atoms. The maximum Gasteiger partial charge on any atom is 0.0352 e. The minimum absolute atomic E-state index is 0.260. The van der Waals surface area contributed by atoms with Crippen molar-refractivity contribution in [1.82, 2.24) is 5.32 Å². The third-order valence-corrected chi connectivity index (χ3v) is 5.52. The third kappa shape index (κ3) is 5.56. The standard InChI is InChI=1S/C27H33N/c1-21(2)27(28-20-24-15-9-5-10-16-24)26(19-23-13-7-4-8-14-23)22(3)25-17-11-6-12-18-25/h4-5,7-10,13-17,19,21,27-28H,3,6,11-12,18,20H2,1-2H3/b26-19+. The van der Waals surface area contributed by atoms with E-state index in [9.17, 15) is 0 Å². The minimum atomic E-state index is 0.260. The molecule has 0 spiro atoms. The van der Waals surface area contributed by atoms with Crippen molar-refractivity contribution in [3.05, 3.63) is 101 Å². The van der Waals surface area contributed by atoms with Crippen LogP contribution in [-0.2, 0) is 6.54 Å². The summed E-state index contributed by atoms with van der Waals surface area (Å²) in [4.78, 5) is 0. The van der Waals surface area contributed by atoms with Gasteiger partial charge in [-0.25, -0.2) is 0 Å². The van der Waals surface area contributed by atoms with Crippen molar-refractivity contribution in [1.29, 1.82) is 0 Å². The van der Waals surface area contributed by atoms with E-state index in [0.29, 0.717) is 5.92 Å². The minimum Gasteiger partial charge on any atom is -0.306 e. The number of hydrogen-bond acceptors (Lipinski definition) is 1. The zero-order valence-corrected chi connectivity index (χ0v) is 17.3. The van der Waals surface area contributed by atoms with Crippen molar-refractivity contribution in [3.8, 4) is 0 Å². The van der Waals surface area contributed by atoms with Crippen LogP contribution in [-0.4, -0.2) is 6.04 Å². The lowest BCUT2D eigenvalue weighted by Gasteiger charge is -2.29. The Morgan fingerprint density at radius 2 is 1.68 bits per heavy atom. The Hall–Kier alpha value is -2.38. The molecule has 1 aliphatic carbocycles. The summed E-state index contributed by atoms with van der Waals surface area (Å²) in [6.45, 7) is 10.0. The molecule has 0 fully saturated rings. The molecule has 0 aliphatic heterocycles. The first kappa shape index (κ1) is 20.4. The highest BCUT2D eigenvalue weighted by molar-refractivity contribution is 5.64. The van der Waals surface area contributed by atoms with Crippen LogP contribution in [0.1, 0.15) is 50.7 Å². The molecule has 2 aromatic carbocycles. The molecule has 3 rings (SSSR count). The summed E-state index contributed by atoms with van der Waals surface area (Å²) in [5, 5.41) is 3.82. The first-order chi connectivity index (χ1) is 13.6. The van der Waals surface area contributed by atoms with E-state index >= 15 is 0 Å². The molecule has 0 amide bonds. The van der Waals surface area contributed by atoms with Crippen LogP contribution >= 0.6 is 0 Å². The maximum absolute atomic E-state index is 4.56. The highest BCUT2D eigenvalue weighted by Gasteiger charge is 2.22. The summed E-state index contributed by atoms with van der Waals surface area (Å²) in [6.07, 6.45) is 9.63. The molecule has 1 N–H and O–H groups in total. The molecule has 1 aliphatic rings. The normalized spacial score (nSPS) is 16.0. The maximum atomic E-state index is 4.56. The van der Waals surface area contributed by atoms with Crippen LogP contribution in [0, 0.1) is 5.92 Å². The Morgan fingerprint density at radius 3 is 2.29 bits per heavy atom. The quantitative estimate of drug-likeness (QED) is 0.495. The zero-order chi connectivity index (χ0) is 19.8. The van der Waals surface area contributed by atoms with Gasteiger partial charge in [-0.2, -0.15) is 0 Å². The van der Waals surface area contributed by atoms with Crippen molar-refractivity contribution in [2.24, 2.45) is 5.92 Å². The molecule has 0 aromatic heterocycles. The number of allylic oxidation sites excluding steroid dienone is 2. The second-order valence-electron chi connectivity index (χ2n) is 8.05. The highest BCUT2D eigenvalue weighted by Crippen LogP contribution is 2.32. The Kier molecular flexibility index (Phi) is 7.45. The Labute approximate surface area is 170 Å². The summed E-state index contributed by atoms with van der Waals surface area (Å²) in [6, 6.07) is 21.5. The van der Waals surface area contributed by atoms with E-state index in [-0.39, 0.29) is 6.04 Å². The second kappa shape index (κ2) is 10.2. The third-order valence-electron chi connectivity index (χ3n) is 5.52. The van der Waals surface area contributed by atoms with Crippen LogP contribution in [0.4, 0.5) is 0 Å². The van der Waals surface area contributed by atoms with E-state index in [4.69, 9.17) is 0 Å². The number of nitrogens with one attached hydrogen (secondary N) is 1. The monoisotopic (exact) mass is 371 g/mol. The lowest BCUT2D eigenvalue weighted by atomic mass is 9.83. The van der Waals surface area contributed by atoms with Crippen molar-refractivity contribution in [2.75, 3.05) is 0 Å². The molecule has 1 atom stereocenters. The van der Waals surface area contributed by atoms with E-state index in [0.717, 1.165) is 13.0 Å². The average Bonchev–Trinajstić information content (AvgIpc) is 2.74. The fourth-order valence-electron chi connectivity index (χ4n) is 3.92. The van der Waals surface area contributed by atoms with Crippen LogP contribution in [0.25, 0.3) is 6.08 Å². The Balaban J connectivity index is 1.91. The molecule has 0 radical (unpaired) electrons. The fraction of sp³-hybridized carbons (Fsp3) is 0.333. The smallest absolute Gasteiger partial charge is 0.0352 e. The Morgan fingerprint density at radius 1 is 1.00 bits per heavy atom. The number of benzene rings is 2. The van der Waals surface area contributed by atoms with Crippen LogP contribution in [0.3, 0.4) is 0 Å². The van der Waals surface area contributed by atoms with Gasteiger partial charge in [0.05, 0.1) is 0 Å². The number of hydrogen-bond donors (Lipinski definition) is 1. The van der Waals surface area contributed by atoms with Crippen LogP contribution < -0.4 is 5.32 Å². The first-order valence-electron chi connectivity index (χ1n) is 10.6. The predicted molar refractivity (Wildman–Crippen MR) is 122 cm³/mol. The van der Waals surface area contributed by atoms with Crippen LogP contribution in [0.5, 0.6) is 0 Å². The zero-order valence-electron chi connectivity index (χ0n) is 17.3. The SMILES string of the molecule is C=C(C1=CCCCC1)/C(=C\c1ccccc1)C(NCc1ccccc1)C(C)C. The van der Waals surface area contributed by atoms with Gasteiger partial charge in [0.1, 0.15) is 0 Å². The van der Waals surface area contributed by atoms with Crippen LogP contribution in [0.2, 0.25) is 0 Å². The van der Waals surface area contributed by atoms with Crippen molar-refractivity contribution < 1.29 is 0 Å². The van der Waals surface area contributed by atoms with Gasteiger partial charge in [0, 0.05) is 12.6 Å². The van der Waals surface area contributed by atoms with E-state index in [2.05, 4.69) is 98.6 Å². The molecular weight excluding hydrogens is 338 g/mol. The van der Waals surface area contributed by atoms with Crippen molar-refractivity contribution >= 4 is 6.08 Å². The van der Waals surface area contributed by atoms with Gasteiger partial charge in [0.2, 0.25) is 0 Å². The van der Waals surface area contributed by atoms with Crippen molar-refractivity contribution in [3.63, 3.8) is 0 Å². The van der Waals surface area contributed by atoms with Gasteiger partial charge < -0.3 is 5.32 Å². The topological polar surface area (TPSA) is 12.0 Å². The second-order valence-corrected chi connectivity index (χ2v) is 8.05. The molecule has 0 saturated heterocycles. The van der Waals surface area contributed by atoms with Gasteiger partial charge in [0.25, 0.3) is 0 Å². The van der Waals surface area contributed by atoms with Gasteiger partial charge in [-0.15, -0.1) is 0 Å². The highest BCUT2D eigenvalue weighted by atomic mass is 14.9. The molecule has 146 valence electrons. The lowest BCUT2D eigenvalue weighted by molar-refractivity contribution is 0.449. The summed E-state index contributed by atoms with van der Waals surface area (Å²) >= 11 is 0. The van der Waals surface area contributed by atoms with Gasteiger partial charge in [-0.1, -0.05) is 87.2 Å². The largest absolute Gasteiger partial charge is 0.306 e. The average molecular weight is 372 g/mol. The fourth-order valence-corrected chi connectivity index (χ4v) is 3.92. The summed E-state index contributed by atoms with van der Waals surface area (Å²) < 4.78 is 0. The van der Waals surface area contributed by atoms with E-state index in [1.807, 2.05) is 0 Å². The Bertz CT molecular complexity index is 812. The lowest BCUT2D eigenvalue weighted by Crippen LogP contribution is -2.36. The summed E-state index contributed by atoms with van der Waals surface area (Å²) in [5.41, 5.74) is 6.52. The molecule has 2 aromatic rings. The molecule has 0 bridgehead atoms. The number of rotatable bonds is 8. The summed E-state index contributed by atoms with van der Waals surface area (Å²) in [5.74, 6) is 0.472. The molecule has 0 heterocycles. The van der Waals surface area contributed by atoms with Gasteiger partial charge >= 0.3 is 0 Å². The molecule has 1 nitrogen and oxygen atoms in total. The van der Waals surface area contributed by atoms with E-state index in [1.165, 1.54) is 47.1 Å². The van der Waals surface area contributed by atoms with E-state index in [1.54, 1.807) is 0 Å². The van der Waals surface area contributed by atoms with E-state index < -0.39 is 0 Å². The molecule has 1 heteroatoms.